The number of benzene rings is 2. The molecule has 1 saturated carbocycles. The van der Waals surface area contributed by atoms with E-state index in [0.717, 1.165) is 44.1 Å². The summed E-state index contributed by atoms with van der Waals surface area (Å²) in [7, 11) is 0. The minimum absolute atomic E-state index is 0.332. The molecule has 29 heavy (non-hydrogen) atoms. The normalized spacial score (nSPS) is 19.8. The molecule has 0 heterocycles. The molecule has 1 aliphatic rings. The van der Waals surface area contributed by atoms with Crippen molar-refractivity contribution in [3.8, 4) is 5.75 Å². The van der Waals surface area contributed by atoms with E-state index in [1.54, 1.807) is 12.1 Å². The second kappa shape index (κ2) is 8.97. The van der Waals surface area contributed by atoms with Gasteiger partial charge in [0.15, 0.2) is 17.5 Å². The number of ether oxygens (including phenoxy) is 1. The maximum absolute atomic E-state index is 14.4. The van der Waals surface area contributed by atoms with Crippen molar-refractivity contribution in [1.82, 2.24) is 0 Å². The molecule has 0 aromatic heterocycles. The molecule has 1 nitrogen and oxygen atoms in total. The highest BCUT2D eigenvalue weighted by Gasteiger charge is 2.35. The smallest absolute Gasteiger partial charge is 0.426 e. The van der Waals surface area contributed by atoms with Crippen molar-refractivity contribution in [3.63, 3.8) is 0 Å². The molecular formula is C23H23F5O. The summed E-state index contributed by atoms with van der Waals surface area (Å²) >= 11 is 0. The Morgan fingerprint density at radius 2 is 1.55 bits per heavy atom. The van der Waals surface area contributed by atoms with Gasteiger partial charge in [-0.15, -0.1) is 6.58 Å². The molecule has 0 N–H and O–H groups in total. The van der Waals surface area contributed by atoms with Crippen LogP contribution < -0.4 is 4.74 Å². The van der Waals surface area contributed by atoms with E-state index >= 15 is 0 Å². The third-order valence-electron chi connectivity index (χ3n) is 5.55. The van der Waals surface area contributed by atoms with E-state index in [0.29, 0.717) is 24.0 Å². The van der Waals surface area contributed by atoms with Gasteiger partial charge in [0.25, 0.3) is 0 Å². The molecule has 0 aliphatic heterocycles. The summed E-state index contributed by atoms with van der Waals surface area (Å²) in [4.78, 5) is 0. The van der Waals surface area contributed by atoms with Gasteiger partial charge in [0.2, 0.25) is 0 Å². The predicted molar refractivity (Wildman–Crippen MR) is 101 cm³/mol. The van der Waals surface area contributed by atoms with Crippen LogP contribution in [0.3, 0.4) is 0 Å². The van der Waals surface area contributed by atoms with Crippen molar-refractivity contribution in [3.05, 3.63) is 77.6 Å². The van der Waals surface area contributed by atoms with Crippen LogP contribution in [0.15, 0.2) is 49.1 Å². The standard InChI is InChI=1S/C23H23F5O/c1-2-3-4-15-5-7-16(8-6-15)17-9-11-18(12-10-17)23(27,28)29-19-13-20(24)22(26)21(25)14-19/h2,9-16H,1,3-8H2/t15-,16-. The van der Waals surface area contributed by atoms with Gasteiger partial charge in [0, 0.05) is 12.1 Å². The summed E-state index contributed by atoms with van der Waals surface area (Å²) in [5, 5.41) is 0. The molecule has 3 rings (SSSR count). The molecule has 0 atom stereocenters. The maximum atomic E-state index is 14.4. The fraction of sp³-hybridized carbons (Fsp3) is 0.391. The van der Waals surface area contributed by atoms with Crippen LogP contribution in [0.5, 0.6) is 5.75 Å². The number of allylic oxidation sites excluding steroid dienone is 1. The van der Waals surface area contributed by atoms with Crippen LogP contribution in [0.4, 0.5) is 22.0 Å². The van der Waals surface area contributed by atoms with Gasteiger partial charge >= 0.3 is 6.11 Å². The minimum Gasteiger partial charge on any atom is -0.429 e. The topological polar surface area (TPSA) is 9.23 Å². The Bertz CT molecular complexity index is 816. The lowest BCUT2D eigenvalue weighted by atomic mass is 9.77. The highest BCUT2D eigenvalue weighted by atomic mass is 19.3. The third-order valence-corrected chi connectivity index (χ3v) is 5.55. The maximum Gasteiger partial charge on any atom is 0.426 e. The molecule has 6 heteroatoms. The van der Waals surface area contributed by atoms with E-state index in [1.165, 1.54) is 12.1 Å². The number of alkyl halides is 2. The first kappa shape index (κ1) is 21.3. The van der Waals surface area contributed by atoms with E-state index < -0.39 is 34.9 Å². The summed E-state index contributed by atoms with van der Waals surface area (Å²) < 4.78 is 72.6. The average Bonchev–Trinajstić information content (AvgIpc) is 2.70. The van der Waals surface area contributed by atoms with Gasteiger partial charge in [0.05, 0.1) is 5.56 Å². The lowest BCUT2D eigenvalue weighted by Gasteiger charge is -2.29. The van der Waals surface area contributed by atoms with Gasteiger partial charge in [-0.1, -0.05) is 18.2 Å². The van der Waals surface area contributed by atoms with Crippen LogP contribution in [0, 0.1) is 23.4 Å². The summed E-state index contributed by atoms with van der Waals surface area (Å²) in [6.45, 7) is 3.75. The molecule has 1 aliphatic carbocycles. The zero-order valence-electron chi connectivity index (χ0n) is 15.9. The average molecular weight is 410 g/mol. The Labute approximate surface area is 167 Å². The molecule has 0 unspecified atom stereocenters. The molecule has 0 radical (unpaired) electrons. The number of hydrogen-bond donors (Lipinski definition) is 0. The van der Waals surface area contributed by atoms with Gasteiger partial charge < -0.3 is 4.74 Å². The number of hydrogen-bond acceptors (Lipinski definition) is 1. The van der Waals surface area contributed by atoms with Gasteiger partial charge in [-0.25, -0.2) is 13.2 Å². The van der Waals surface area contributed by atoms with E-state index in [9.17, 15) is 22.0 Å². The number of halogens is 5. The molecule has 0 bridgehead atoms. The van der Waals surface area contributed by atoms with Gasteiger partial charge in [-0.3, -0.25) is 0 Å². The zero-order chi connectivity index (χ0) is 21.0. The summed E-state index contributed by atoms with van der Waals surface area (Å²) in [6.07, 6.45) is 4.54. The van der Waals surface area contributed by atoms with Crippen LogP contribution in [0.25, 0.3) is 0 Å². The summed E-state index contributed by atoms with van der Waals surface area (Å²) in [5.74, 6) is -4.67. The van der Waals surface area contributed by atoms with Gasteiger partial charge in [-0.2, -0.15) is 8.78 Å². The summed E-state index contributed by atoms with van der Waals surface area (Å²) in [5.41, 5.74) is 0.552. The lowest BCUT2D eigenvalue weighted by Crippen LogP contribution is -2.22. The molecule has 1 fully saturated rings. The van der Waals surface area contributed by atoms with E-state index in [-0.39, 0.29) is 0 Å². The van der Waals surface area contributed by atoms with Crippen LogP contribution >= 0.6 is 0 Å². The molecule has 0 saturated heterocycles. The van der Waals surface area contributed by atoms with Crippen molar-refractivity contribution in [2.24, 2.45) is 5.92 Å². The van der Waals surface area contributed by atoms with Crippen molar-refractivity contribution in [2.45, 2.75) is 50.6 Å². The fourth-order valence-corrected chi connectivity index (χ4v) is 3.89. The highest BCUT2D eigenvalue weighted by Crippen LogP contribution is 2.39. The van der Waals surface area contributed by atoms with Crippen molar-refractivity contribution in [2.75, 3.05) is 0 Å². The summed E-state index contributed by atoms with van der Waals surface area (Å²) in [6, 6.07) is 6.60. The second-order valence-corrected chi connectivity index (χ2v) is 7.53. The minimum atomic E-state index is -3.81. The Balaban J connectivity index is 1.65. The highest BCUT2D eigenvalue weighted by molar-refractivity contribution is 5.30. The molecule has 156 valence electrons. The molecule has 2 aromatic carbocycles. The first-order chi connectivity index (χ1) is 13.8. The van der Waals surface area contributed by atoms with E-state index in [2.05, 4.69) is 11.3 Å². The SMILES string of the molecule is C=CCC[C@H]1CC[C@H](c2ccc(C(F)(F)Oc3cc(F)c(F)c(F)c3)cc2)CC1. The van der Waals surface area contributed by atoms with Crippen molar-refractivity contribution >= 4 is 0 Å². The monoisotopic (exact) mass is 410 g/mol. The lowest BCUT2D eigenvalue weighted by molar-refractivity contribution is -0.185. The first-order valence-corrected chi connectivity index (χ1v) is 9.73. The third kappa shape index (κ3) is 5.17. The predicted octanol–water partition coefficient (Wildman–Crippen LogP) is 7.47. The van der Waals surface area contributed by atoms with Crippen LogP contribution in [0.1, 0.15) is 55.6 Å². The Morgan fingerprint density at radius 1 is 0.966 bits per heavy atom. The zero-order valence-corrected chi connectivity index (χ0v) is 15.9. The van der Waals surface area contributed by atoms with E-state index in [1.807, 2.05) is 6.08 Å². The second-order valence-electron chi connectivity index (χ2n) is 7.53. The van der Waals surface area contributed by atoms with E-state index in [4.69, 9.17) is 0 Å². The fourth-order valence-electron chi connectivity index (χ4n) is 3.89. The molecule has 2 aromatic rings. The van der Waals surface area contributed by atoms with Gasteiger partial charge in [0.1, 0.15) is 5.75 Å². The number of rotatable bonds is 7. The van der Waals surface area contributed by atoms with Crippen LogP contribution in [0.2, 0.25) is 0 Å². The Kier molecular flexibility index (Phi) is 6.60. The van der Waals surface area contributed by atoms with Crippen LogP contribution in [-0.2, 0) is 6.11 Å². The largest absolute Gasteiger partial charge is 0.429 e. The van der Waals surface area contributed by atoms with Crippen molar-refractivity contribution in [1.29, 1.82) is 0 Å². The Hall–Kier alpha value is -2.37. The Morgan fingerprint density at radius 3 is 2.10 bits per heavy atom. The van der Waals surface area contributed by atoms with Crippen LogP contribution in [-0.4, -0.2) is 0 Å². The van der Waals surface area contributed by atoms with Crippen molar-refractivity contribution < 1.29 is 26.7 Å². The molecular weight excluding hydrogens is 387 g/mol. The molecule has 0 amide bonds. The quantitative estimate of drug-likeness (QED) is 0.261. The molecule has 0 spiro atoms. The first-order valence-electron chi connectivity index (χ1n) is 9.73. The van der Waals surface area contributed by atoms with Gasteiger partial charge in [-0.05, 0) is 68.1 Å².